The molecule has 101 valence electrons. The summed E-state index contributed by atoms with van der Waals surface area (Å²) in [6, 6.07) is 20.4. The number of hydrogen-bond donors (Lipinski definition) is 0. The van der Waals surface area contributed by atoms with Gasteiger partial charge in [-0.2, -0.15) is 0 Å². The SMILES string of the molecule is [c]1cccc(C=Cc2ccccc2)c1C1CCCCC1. The van der Waals surface area contributed by atoms with Crippen LogP contribution in [0.3, 0.4) is 0 Å². The molecule has 2 aromatic rings. The molecule has 0 saturated heterocycles. The first-order valence-corrected chi connectivity index (χ1v) is 7.67. The standard InChI is InChI=1S/C20H21/c1-3-9-17(10-4-1)15-16-19-13-7-8-14-20(19)18-11-5-2-6-12-18/h1,3-4,7-10,13,15-16,18H,2,5-6,11-12H2. The van der Waals surface area contributed by atoms with Gasteiger partial charge in [0.25, 0.3) is 0 Å². The van der Waals surface area contributed by atoms with Gasteiger partial charge in [-0.05, 0) is 41.5 Å². The Bertz CT molecular complexity index is 560. The second kappa shape index (κ2) is 6.56. The number of benzene rings is 2. The highest BCUT2D eigenvalue weighted by atomic mass is 14.2. The molecule has 1 fully saturated rings. The first-order chi connectivity index (χ1) is 9.93. The van der Waals surface area contributed by atoms with Gasteiger partial charge in [0, 0.05) is 0 Å². The van der Waals surface area contributed by atoms with Gasteiger partial charge in [0.1, 0.15) is 0 Å². The van der Waals surface area contributed by atoms with Crippen LogP contribution in [0.2, 0.25) is 0 Å². The lowest BCUT2D eigenvalue weighted by molar-refractivity contribution is 0.443. The molecule has 0 unspecified atom stereocenters. The Kier molecular flexibility index (Phi) is 4.32. The minimum atomic E-state index is 0.709. The lowest BCUT2D eigenvalue weighted by Gasteiger charge is -2.23. The first-order valence-electron chi connectivity index (χ1n) is 7.67. The maximum atomic E-state index is 3.49. The predicted molar refractivity (Wildman–Crippen MR) is 86.5 cm³/mol. The highest BCUT2D eigenvalue weighted by Crippen LogP contribution is 2.34. The topological polar surface area (TPSA) is 0 Å². The average molecular weight is 261 g/mol. The summed E-state index contributed by atoms with van der Waals surface area (Å²) in [6.45, 7) is 0. The van der Waals surface area contributed by atoms with Crippen molar-refractivity contribution in [2.75, 3.05) is 0 Å². The Morgan fingerprint density at radius 2 is 1.65 bits per heavy atom. The third kappa shape index (κ3) is 3.19. The molecular weight excluding hydrogens is 240 g/mol. The summed E-state index contributed by atoms with van der Waals surface area (Å²) in [6.07, 6.45) is 11.2. The van der Waals surface area contributed by atoms with Crippen molar-refractivity contribution < 1.29 is 0 Å². The molecule has 1 aliphatic rings. The minimum absolute atomic E-state index is 0.709. The van der Waals surface area contributed by atoms with Crippen molar-refractivity contribution >= 4 is 12.2 Å². The molecule has 0 nitrogen and oxygen atoms in total. The van der Waals surface area contributed by atoms with E-state index < -0.39 is 0 Å². The summed E-state index contributed by atoms with van der Waals surface area (Å²) < 4.78 is 0. The summed E-state index contributed by atoms with van der Waals surface area (Å²) >= 11 is 0. The van der Waals surface area contributed by atoms with Crippen molar-refractivity contribution in [2.24, 2.45) is 0 Å². The summed E-state index contributed by atoms with van der Waals surface area (Å²) in [5, 5.41) is 0. The normalized spacial score (nSPS) is 16.6. The maximum Gasteiger partial charge on any atom is -0.0140 e. The van der Waals surface area contributed by atoms with Gasteiger partial charge in [-0.15, -0.1) is 0 Å². The van der Waals surface area contributed by atoms with Crippen molar-refractivity contribution in [1.82, 2.24) is 0 Å². The van der Waals surface area contributed by atoms with Crippen LogP contribution < -0.4 is 0 Å². The van der Waals surface area contributed by atoms with Crippen LogP contribution >= 0.6 is 0 Å². The van der Waals surface area contributed by atoms with E-state index in [1.54, 1.807) is 0 Å². The Morgan fingerprint density at radius 3 is 2.45 bits per heavy atom. The molecule has 0 spiro atoms. The van der Waals surface area contributed by atoms with Gasteiger partial charge in [0.2, 0.25) is 0 Å². The number of hydrogen-bond acceptors (Lipinski definition) is 0. The van der Waals surface area contributed by atoms with E-state index in [1.165, 1.54) is 48.8 Å². The Hall–Kier alpha value is -1.82. The first kappa shape index (κ1) is 13.2. The van der Waals surface area contributed by atoms with E-state index in [1.807, 2.05) is 0 Å². The zero-order valence-electron chi connectivity index (χ0n) is 11.9. The summed E-state index contributed by atoms with van der Waals surface area (Å²) in [7, 11) is 0. The van der Waals surface area contributed by atoms with E-state index >= 15 is 0 Å². The summed E-state index contributed by atoms with van der Waals surface area (Å²) in [5.41, 5.74) is 4.01. The fourth-order valence-electron chi connectivity index (χ4n) is 3.10. The third-order valence-electron chi connectivity index (χ3n) is 4.19. The number of rotatable bonds is 3. The van der Waals surface area contributed by atoms with E-state index in [9.17, 15) is 0 Å². The molecule has 0 heteroatoms. The van der Waals surface area contributed by atoms with E-state index in [0.717, 1.165) is 0 Å². The third-order valence-corrected chi connectivity index (χ3v) is 4.19. The zero-order valence-corrected chi connectivity index (χ0v) is 11.9. The quantitative estimate of drug-likeness (QED) is 0.621. The molecular formula is C20H21. The molecule has 0 aliphatic heterocycles. The molecule has 0 N–H and O–H groups in total. The fraction of sp³-hybridized carbons (Fsp3) is 0.300. The molecule has 0 atom stereocenters. The highest BCUT2D eigenvalue weighted by molar-refractivity contribution is 5.71. The van der Waals surface area contributed by atoms with Crippen molar-refractivity contribution in [3.63, 3.8) is 0 Å². The van der Waals surface area contributed by atoms with Crippen LogP contribution in [0.15, 0.2) is 48.5 Å². The second-order valence-corrected chi connectivity index (χ2v) is 5.62. The minimum Gasteiger partial charge on any atom is -0.0622 e. The fourth-order valence-corrected chi connectivity index (χ4v) is 3.10. The molecule has 1 saturated carbocycles. The second-order valence-electron chi connectivity index (χ2n) is 5.62. The smallest absolute Gasteiger partial charge is 0.0140 e. The van der Waals surface area contributed by atoms with Crippen LogP contribution in [0.1, 0.15) is 54.7 Å². The molecule has 1 aliphatic carbocycles. The predicted octanol–water partition coefficient (Wildman–Crippen LogP) is 5.70. The lowest BCUT2D eigenvalue weighted by Crippen LogP contribution is -2.06. The summed E-state index contributed by atoms with van der Waals surface area (Å²) in [4.78, 5) is 0. The van der Waals surface area contributed by atoms with Crippen LogP contribution in [-0.2, 0) is 0 Å². The van der Waals surface area contributed by atoms with Crippen molar-refractivity contribution in [1.29, 1.82) is 0 Å². The van der Waals surface area contributed by atoms with Crippen LogP contribution in [0.4, 0.5) is 0 Å². The van der Waals surface area contributed by atoms with Gasteiger partial charge in [-0.25, -0.2) is 0 Å². The zero-order chi connectivity index (χ0) is 13.6. The van der Waals surface area contributed by atoms with Gasteiger partial charge >= 0.3 is 0 Å². The van der Waals surface area contributed by atoms with E-state index in [0.29, 0.717) is 5.92 Å². The molecule has 3 rings (SSSR count). The van der Waals surface area contributed by atoms with Crippen LogP contribution in [0.25, 0.3) is 12.2 Å². The van der Waals surface area contributed by atoms with Gasteiger partial charge in [0.05, 0.1) is 0 Å². The van der Waals surface area contributed by atoms with Gasteiger partial charge in [-0.1, -0.05) is 79.9 Å². The van der Waals surface area contributed by atoms with E-state index in [-0.39, 0.29) is 0 Å². The molecule has 0 amide bonds. The van der Waals surface area contributed by atoms with Crippen molar-refractivity contribution in [3.05, 3.63) is 71.3 Å². The molecule has 0 heterocycles. The Labute approximate surface area is 122 Å². The van der Waals surface area contributed by atoms with Crippen LogP contribution in [0.5, 0.6) is 0 Å². The van der Waals surface area contributed by atoms with Gasteiger partial charge < -0.3 is 0 Å². The van der Waals surface area contributed by atoms with E-state index in [4.69, 9.17) is 0 Å². The maximum absolute atomic E-state index is 3.49. The van der Waals surface area contributed by atoms with Crippen LogP contribution in [-0.4, -0.2) is 0 Å². The Balaban J connectivity index is 1.84. The Morgan fingerprint density at radius 1 is 0.850 bits per heavy atom. The van der Waals surface area contributed by atoms with Gasteiger partial charge in [0.15, 0.2) is 0 Å². The molecule has 1 radical (unpaired) electrons. The molecule has 20 heavy (non-hydrogen) atoms. The largest absolute Gasteiger partial charge is 0.0622 e. The van der Waals surface area contributed by atoms with Crippen molar-refractivity contribution in [3.8, 4) is 0 Å². The molecule has 0 bridgehead atoms. The monoisotopic (exact) mass is 261 g/mol. The molecule has 2 aromatic carbocycles. The van der Waals surface area contributed by atoms with Crippen molar-refractivity contribution in [2.45, 2.75) is 38.0 Å². The lowest BCUT2D eigenvalue weighted by atomic mass is 9.82. The van der Waals surface area contributed by atoms with Gasteiger partial charge in [-0.3, -0.25) is 0 Å². The highest BCUT2D eigenvalue weighted by Gasteiger charge is 2.17. The average Bonchev–Trinajstić information content (AvgIpc) is 2.55. The van der Waals surface area contributed by atoms with E-state index in [2.05, 4.69) is 66.7 Å². The summed E-state index contributed by atoms with van der Waals surface area (Å²) in [5.74, 6) is 0.709. The van der Waals surface area contributed by atoms with Crippen LogP contribution in [0, 0.1) is 6.07 Å². The molecule has 0 aromatic heterocycles.